The molecule has 0 radical (unpaired) electrons. The smallest absolute Gasteiger partial charge is 0.293 e. The molecule has 1 aliphatic rings. The predicted molar refractivity (Wildman–Crippen MR) is 54.2 cm³/mol. The van der Waals surface area contributed by atoms with E-state index in [0.29, 0.717) is 19.4 Å². The van der Waals surface area contributed by atoms with Gasteiger partial charge < -0.3 is 10.1 Å². The average Bonchev–Trinajstić information content (AvgIpc) is 2.01. The van der Waals surface area contributed by atoms with E-state index >= 15 is 0 Å². The van der Waals surface area contributed by atoms with Gasteiger partial charge in [0.15, 0.2) is 0 Å². The van der Waals surface area contributed by atoms with E-state index in [4.69, 9.17) is 0 Å². The number of carbonyl (C=O) groups is 3. The maximum Gasteiger partial charge on any atom is 0.293 e. The fraction of sp³-hybridized carbons (Fsp3) is 0.700. The lowest BCUT2D eigenvalue weighted by Crippen LogP contribution is -2.33. The number of hydrogen-bond donors (Lipinski definition) is 1. The lowest BCUT2D eigenvalue weighted by Gasteiger charge is -2.14. The number of carbonyl (C=O) groups excluding carboxylic acids is 3. The summed E-state index contributed by atoms with van der Waals surface area (Å²) in [4.78, 5) is 30.4. The van der Waals surface area contributed by atoms with Gasteiger partial charge in [-0.1, -0.05) is 0 Å². The molecule has 0 unspecified atom stereocenters. The van der Waals surface area contributed by atoms with Gasteiger partial charge in [-0.25, -0.2) is 0 Å². The quantitative estimate of drug-likeness (QED) is 0.508. The summed E-state index contributed by atoms with van der Waals surface area (Å²) in [6, 6.07) is 0. The highest BCUT2D eigenvalue weighted by atomic mass is 16.5. The molecule has 1 aliphatic heterocycles. The number of amides is 1. The van der Waals surface area contributed by atoms with Crippen molar-refractivity contribution in [2.24, 2.45) is 0 Å². The van der Waals surface area contributed by atoms with Crippen molar-refractivity contribution in [3.8, 4) is 0 Å². The van der Waals surface area contributed by atoms with Crippen LogP contribution in [0, 0.1) is 0 Å². The Bertz CT molecular complexity index is 228. The Kier molecular flexibility index (Phi) is 5.59. The van der Waals surface area contributed by atoms with Gasteiger partial charge in [-0.3, -0.25) is 14.4 Å². The molecule has 0 aliphatic carbocycles. The van der Waals surface area contributed by atoms with Gasteiger partial charge in [0.25, 0.3) is 6.47 Å². The molecule has 1 N–H and O–H groups in total. The zero-order chi connectivity index (χ0) is 11.9. The van der Waals surface area contributed by atoms with E-state index in [2.05, 4.69) is 10.1 Å². The monoisotopic (exact) mass is 215 g/mol. The Morgan fingerprint density at radius 3 is 2.13 bits per heavy atom. The zero-order valence-corrected chi connectivity index (χ0v) is 9.33. The van der Waals surface area contributed by atoms with Crippen LogP contribution < -0.4 is 5.32 Å². The van der Waals surface area contributed by atoms with Crippen LogP contribution in [0.25, 0.3) is 0 Å². The average molecular weight is 215 g/mol. The zero-order valence-electron chi connectivity index (χ0n) is 9.33. The lowest BCUT2D eigenvalue weighted by atomic mass is 10.1. The first kappa shape index (κ1) is 13.6. The van der Waals surface area contributed by atoms with Crippen LogP contribution in [0.2, 0.25) is 0 Å². The van der Waals surface area contributed by atoms with Crippen LogP contribution in [0.4, 0.5) is 0 Å². The number of piperidine rings is 1. The molecule has 0 aromatic rings. The largest absolute Gasteiger partial charge is 0.462 e. The molecule has 0 bridgehead atoms. The second-order valence-electron chi connectivity index (χ2n) is 4.14. The minimum atomic E-state index is -0.318. The number of Topliss-reactive ketones (excluding diaryl/α,β-unsaturated/α-hetero) is 1. The second-order valence-corrected chi connectivity index (χ2v) is 4.14. The maximum atomic E-state index is 10.4. The highest BCUT2D eigenvalue weighted by Crippen LogP contribution is 2.02. The van der Waals surface area contributed by atoms with Crippen LogP contribution in [0.1, 0.15) is 33.6 Å². The van der Waals surface area contributed by atoms with Crippen molar-refractivity contribution >= 4 is 18.2 Å². The van der Waals surface area contributed by atoms with Crippen molar-refractivity contribution in [3.63, 3.8) is 0 Å². The molecule has 5 heteroatoms. The summed E-state index contributed by atoms with van der Waals surface area (Å²) < 4.78 is 4.55. The van der Waals surface area contributed by atoms with E-state index in [1.54, 1.807) is 0 Å². The molecule has 1 saturated heterocycles. The minimum absolute atomic E-state index is 0.0498. The first-order valence-electron chi connectivity index (χ1n) is 4.75. The SMILES string of the molecule is CC(C)(C)OC=O.O=C1CCNC(=O)C1. The number of ketones is 1. The first-order valence-corrected chi connectivity index (χ1v) is 4.75. The summed E-state index contributed by atoms with van der Waals surface area (Å²) in [6.45, 7) is 6.45. The van der Waals surface area contributed by atoms with Crippen LogP contribution in [0.3, 0.4) is 0 Å². The first-order chi connectivity index (χ1) is 6.85. The maximum absolute atomic E-state index is 10.4. The highest BCUT2D eigenvalue weighted by Gasteiger charge is 2.13. The Labute approximate surface area is 89.2 Å². The summed E-state index contributed by atoms with van der Waals surface area (Å²) in [7, 11) is 0. The summed E-state index contributed by atoms with van der Waals surface area (Å²) in [5.74, 6) is -0.0880. The van der Waals surface area contributed by atoms with Gasteiger partial charge in [0.1, 0.15) is 11.4 Å². The molecule has 1 heterocycles. The molecule has 0 aromatic heterocycles. The van der Waals surface area contributed by atoms with E-state index in [-0.39, 0.29) is 23.7 Å². The number of ether oxygens (including phenoxy) is 1. The molecular formula is C10H17NO4. The summed E-state index contributed by atoms with van der Waals surface area (Å²) in [6.07, 6.45) is 0.589. The standard InChI is InChI=1S/C5H7NO2.C5H10O2/c7-4-1-2-6-5(8)3-4;1-5(2,3)7-4-6/h1-3H2,(H,6,8);4H,1-3H3. The van der Waals surface area contributed by atoms with Gasteiger partial charge in [0, 0.05) is 13.0 Å². The van der Waals surface area contributed by atoms with Gasteiger partial charge in [0.2, 0.25) is 5.91 Å². The normalized spacial score (nSPS) is 15.9. The molecule has 1 fully saturated rings. The summed E-state index contributed by atoms with van der Waals surface area (Å²) in [5.41, 5.74) is -0.318. The minimum Gasteiger partial charge on any atom is -0.462 e. The third-order valence-corrected chi connectivity index (χ3v) is 1.49. The van der Waals surface area contributed by atoms with Crippen molar-refractivity contribution in [1.29, 1.82) is 0 Å². The van der Waals surface area contributed by atoms with Crippen LogP contribution in [0.15, 0.2) is 0 Å². The second kappa shape index (κ2) is 6.16. The molecule has 1 amide bonds. The third kappa shape index (κ3) is 8.93. The molecule has 5 nitrogen and oxygen atoms in total. The van der Waals surface area contributed by atoms with Crippen LogP contribution >= 0.6 is 0 Å². The fourth-order valence-corrected chi connectivity index (χ4v) is 0.816. The van der Waals surface area contributed by atoms with Gasteiger partial charge >= 0.3 is 0 Å². The highest BCUT2D eigenvalue weighted by molar-refractivity contribution is 6.00. The van der Waals surface area contributed by atoms with Gasteiger partial charge in [0.05, 0.1) is 6.42 Å². The molecular weight excluding hydrogens is 198 g/mol. The Morgan fingerprint density at radius 1 is 1.33 bits per heavy atom. The Morgan fingerprint density at radius 2 is 1.93 bits per heavy atom. The van der Waals surface area contributed by atoms with Gasteiger partial charge in [-0.2, -0.15) is 0 Å². The molecule has 0 aromatic carbocycles. The molecule has 1 rings (SSSR count). The summed E-state index contributed by atoms with van der Waals surface area (Å²) in [5, 5.41) is 2.55. The lowest BCUT2D eigenvalue weighted by molar-refractivity contribution is -0.138. The topological polar surface area (TPSA) is 72.5 Å². The van der Waals surface area contributed by atoms with Gasteiger partial charge in [-0.15, -0.1) is 0 Å². The van der Waals surface area contributed by atoms with E-state index in [9.17, 15) is 14.4 Å². The van der Waals surface area contributed by atoms with Crippen molar-refractivity contribution in [3.05, 3.63) is 0 Å². The van der Waals surface area contributed by atoms with E-state index in [1.807, 2.05) is 20.8 Å². The van der Waals surface area contributed by atoms with Crippen LogP contribution in [0.5, 0.6) is 0 Å². The molecule has 86 valence electrons. The molecule has 0 atom stereocenters. The Balaban J connectivity index is 0.000000265. The molecule has 15 heavy (non-hydrogen) atoms. The van der Waals surface area contributed by atoms with Crippen molar-refractivity contribution < 1.29 is 19.1 Å². The molecule has 0 spiro atoms. The predicted octanol–water partition coefficient (Wildman–Crippen LogP) is 0.423. The van der Waals surface area contributed by atoms with E-state index in [0.717, 1.165) is 0 Å². The van der Waals surface area contributed by atoms with Crippen LogP contribution in [-0.4, -0.2) is 30.3 Å². The Hall–Kier alpha value is -1.39. The number of rotatable bonds is 1. The van der Waals surface area contributed by atoms with Crippen molar-refractivity contribution in [2.75, 3.05) is 6.54 Å². The van der Waals surface area contributed by atoms with Crippen molar-refractivity contribution in [1.82, 2.24) is 5.32 Å². The number of hydrogen-bond acceptors (Lipinski definition) is 4. The van der Waals surface area contributed by atoms with E-state index < -0.39 is 0 Å². The van der Waals surface area contributed by atoms with Crippen LogP contribution in [-0.2, 0) is 19.1 Å². The van der Waals surface area contributed by atoms with E-state index in [1.165, 1.54) is 0 Å². The fourth-order valence-electron chi connectivity index (χ4n) is 0.816. The molecule has 0 saturated carbocycles. The van der Waals surface area contributed by atoms with Crippen molar-refractivity contribution in [2.45, 2.75) is 39.2 Å². The number of nitrogens with one attached hydrogen (secondary N) is 1. The van der Waals surface area contributed by atoms with Gasteiger partial charge in [-0.05, 0) is 20.8 Å². The third-order valence-electron chi connectivity index (χ3n) is 1.49. The summed E-state index contributed by atoms with van der Waals surface area (Å²) >= 11 is 0.